The second-order valence-corrected chi connectivity index (χ2v) is 8.14. The number of hydrogen-bond donors (Lipinski definition) is 1. The maximum Gasteiger partial charge on any atom is 0.234 e. The van der Waals surface area contributed by atoms with E-state index in [9.17, 15) is 4.79 Å². The molecular formula is C20H21ClN6O2S. The second-order valence-electron chi connectivity index (χ2n) is 6.76. The zero-order valence-corrected chi connectivity index (χ0v) is 18.0. The van der Waals surface area contributed by atoms with E-state index < -0.39 is 0 Å². The summed E-state index contributed by atoms with van der Waals surface area (Å²) in [6.07, 6.45) is 2.31. The van der Waals surface area contributed by atoms with Crippen molar-refractivity contribution in [2.24, 2.45) is 0 Å². The van der Waals surface area contributed by atoms with Gasteiger partial charge in [-0.25, -0.2) is 0 Å². The van der Waals surface area contributed by atoms with Gasteiger partial charge in [0.15, 0.2) is 0 Å². The van der Waals surface area contributed by atoms with Crippen LogP contribution in [0.4, 0.5) is 11.4 Å². The quantitative estimate of drug-likeness (QED) is 0.556. The number of tetrazole rings is 1. The van der Waals surface area contributed by atoms with Gasteiger partial charge in [0.2, 0.25) is 11.1 Å². The number of anilines is 2. The minimum absolute atomic E-state index is 0.146. The molecule has 0 spiro atoms. The highest BCUT2D eigenvalue weighted by atomic mass is 35.5. The third-order valence-corrected chi connectivity index (χ3v) is 5.92. The van der Waals surface area contributed by atoms with Gasteiger partial charge in [0.05, 0.1) is 29.9 Å². The minimum Gasteiger partial charge on any atom is -0.497 e. The standard InChI is InChI=1S/C20H21ClN6O2S/c1-29-16-7-5-15(6-8-16)27-20(23-24-25-27)30-13-19(28)22-17-12-14(21)4-9-18(17)26-10-2-3-11-26/h4-9,12H,2-3,10-11,13H2,1H3,(H,22,28). The van der Waals surface area contributed by atoms with E-state index in [1.54, 1.807) is 17.9 Å². The van der Waals surface area contributed by atoms with Crippen molar-refractivity contribution in [3.63, 3.8) is 0 Å². The summed E-state index contributed by atoms with van der Waals surface area (Å²) in [4.78, 5) is 14.9. The number of ether oxygens (including phenoxy) is 1. The number of carbonyl (C=O) groups is 1. The Bertz CT molecular complexity index is 1020. The molecule has 10 heteroatoms. The van der Waals surface area contributed by atoms with Crippen LogP contribution < -0.4 is 15.0 Å². The number of nitrogens with one attached hydrogen (secondary N) is 1. The molecule has 3 aromatic rings. The van der Waals surface area contributed by atoms with Crippen molar-refractivity contribution in [3.05, 3.63) is 47.5 Å². The monoisotopic (exact) mass is 444 g/mol. The van der Waals surface area contributed by atoms with Crippen LogP contribution in [0.15, 0.2) is 47.6 Å². The number of amides is 1. The first-order valence-electron chi connectivity index (χ1n) is 9.54. The van der Waals surface area contributed by atoms with Crippen LogP contribution in [0.5, 0.6) is 5.75 Å². The summed E-state index contributed by atoms with van der Waals surface area (Å²) in [5.74, 6) is 0.769. The van der Waals surface area contributed by atoms with Gasteiger partial charge in [-0.1, -0.05) is 23.4 Å². The molecule has 1 aliphatic heterocycles. The number of thioether (sulfide) groups is 1. The summed E-state index contributed by atoms with van der Waals surface area (Å²) in [7, 11) is 1.61. The lowest BCUT2D eigenvalue weighted by Gasteiger charge is -2.21. The maximum absolute atomic E-state index is 12.6. The van der Waals surface area contributed by atoms with Crippen molar-refractivity contribution in [1.82, 2.24) is 20.2 Å². The minimum atomic E-state index is -0.146. The molecule has 0 aliphatic carbocycles. The number of nitrogens with zero attached hydrogens (tertiary/aromatic N) is 5. The summed E-state index contributed by atoms with van der Waals surface area (Å²) >= 11 is 7.43. The van der Waals surface area contributed by atoms with Crippen molar-refractivity contribution in [2.75, 3.05) is 36.2 Å². The Kier molecular flexibility index (Phi) is 6.39. The van der Waals surface area contributed by atoms with Crippen LogP contribution in [0, 0.1) is 0 Å². The molecule has 1 N–H and O–H groups in total. The van der Waals surface area contributed by atoms with Gasteiger partial charge in [0.1, 0.15) is 5.75 Å². The SMILES string of the molecule is COc1ccc(-n2nnnc2SCC(=O)Nc2cc(Cl)ccc2N2CCCC2)cc1. The lowest BCUT2D eigenvalue weighted by molar-refractivity contribution is -0.113. The lowest BCUT2D eigenvalue weighted by atomic mass is 10.2. The first-order valence-corrected chi connectivity index (χ1v) is 10.9. The summed E-state index contributed by atoms with van der Waals surface area (Å²) in [5.41, 5.74) is 2.51. The molecule has 2 aromatic carbocycles. The highest BCUT2D eigenvalue weighted by Gasteiger charge is 2.18. The van der Waals surface area contributed by atoms with Gasteiger partial charge in [-0.15, -0.1) is 5.10 Å². The topological polar surface area (TPSA) is 85.2 Å². The van der Waals surface area contributed by atoms with E-state index in [0.29, 0.717) is 10.2 Å². The molecule has 4 rings (SSSR count). The summed E-state index contributed by atoms with van der Waals surface area (Å²) in [6, 6.07) is 13.0. The second kappa shape index (κ2) is 9.36. The summed E-state index contributed by atoms with van der Waals surface area (Å²) in [5, 5.41) is 15.9. The molecule has 0 saturated carbocycles. The molecule has 1 saturated heterocycles. The van der Waals surface area contributed by atoms with Crippen LogP contribution in [0.3, 0.4) is 0 Å². The van der Waals surface area contributed by atoms with E-state index in [0.717, 1.165) is 48.7 Å². The Labute approximate surface area is 183 Å². The van der Waals surface area contributed by atoms with E-state index >= 15 is 0 Å². The highest BCUT2D eigenvalue weighted by molar-refractivity contribution is 7.99. The van der Waals surface area contributed by atoms with Crippen molar-refractivity contribution in [1.29, 1.82) is 0 Å². The van der Waals surface area contributed by atoms with Crippen molar-refractivity contribution < 1.29 is 9.53 Å². The third kappa shape index (κ3) is 4.68. The van der Waals surface area contributed by atoms with Crippen LogP contribution in [0.25, 0.3) is 5.69 Å². The largest absolute Gasteiger partial charge is 0.497 e. The number of rotatable bonds is 7. The van der Waals surface area contributed by atoms with Gasteiger partial charge in [-0.05, 0) is 65.7 Å². The van der Waals surface area contributed by atoms with Gasteiger partial charge in [-0.3, -0.25) is 4.79 Å². The Morgan fingerprint density at radius 2 is 1.97 bits per heavy atom. The van der Waals surface area contributed by atoms with Gasteiger partial charge in [0, 0.05) is 18.1 Å². The number of aromatic nitrogens is 4. The Morgan fingerprint density at radius 3 is 2.70 bits per heavy atom. The summed E-state index contributed by atoms with van der Waals surface area (Å²) < 4.78 is 6.76. The van der Waals surface area contributed by atoms with Crippen molar-refractivity contribution >= 4 is 40.6 Å². The first kappa shape index (κ1) is 20.5. The number of carbonyl (C=O) groups excluding carboxylic acids is 1. The molecular weight excluding hydrogens is 424 g/mol. The fourth-order valence-corrected chi connectivity index (χ4v) is 4.18. The Balaban J connectivity index is 1.43. The Hall–Kier alpha value is -2.78. The average Bonchev–Trinajstić information content (AvgIpc) is 3.45. The van der Waals surface area contributed by atoms with Gasteiger partial charge in [0.25, 0.3) is 0 Å². The van der Waals surface area contributed by atoms with Crippen LogP contribution in [0.2, 0.25) is 5.02 Å². The molecule has 0 radical (unpaired) electrons. The molecule has 156 valence electrons. The number of halogens is 1. The fraction of sp³-hybridized carbons (Fsp3) is 0.300. The molecule has 30 heavy (non-hydrogen) atoms. The van der Waals surface area contributed by atoms with Crippen molar-refractivity contribution in [2.45, 2.75) is 18.0 Å². The summed E-state index contributed by atoms with van der Waals surface area (Å²) in [6.45, 7) is 1.96. The Morgan fingerprint density at radius 1 is 1.20 bits per heavy atom. The predicted molar refractivity (Wildman–Crippen MR) is 118 cm³/mol. The molecule has 0 atom stereocenters. The average molecular weight is 445 g/mol. The van der Waals surface area contributed by atoms with E-state index in [1.807, 2.05) is 36.4 Å². The van der Waals surface area contributed by atoms with Gasteiger partial charge < -0.3 is 15.0 Å². The predicted octanol–water partition coefficient (Wildman–Crippen LogP) is 3.66. The molecule has 8 nitrogen and oxygen atoms in total. The van der Waals surface area contributed by atoms with Crippen molar-refractivity contribution in [3.8, 4) is 11.4 Å². The van der Waals surface area contributed by atoms with Crippen LogP contribution in [-0.2, 0) is 4.79 Å². The number of hydrogen-bond acceptors (Lipinski definition) is 7. The van der Waals surface area contributed by atoms with E-state index in [1.165, 1.54) is 11.8 Å². The third-order valence-electron chi connectivity index (χ3n) is 4.77. The van der Waals surface area contributed by atoms with Gasteiger partial charge in [-0.2, -0.15) is 4.68 Å². The molecule has 0 bridgehead atoms. The van der Waals surface area contributed by atoms with E-state index in [-0.39, 0.29) is 11.7 Å². The molecule has 1 aromatic heterocycles. The zero-order valence-electron chi connectivity index (χ0n) is 16.4. The normalized spacial score (nSPS) is 13.5. The van der Waals surface area contributed by atoms with E-state index in [2.05, 4.69) is 25.7 Å². The van der Waals surface area contributed by atoms with Crippen LogP contribution >= 0.6 is 23.4 Å². The number of methoxy groups -OCH3 is 1. The fourth-order valence-electron chi connectivity index (χ4n) is 3.31. The number of benzene rings is 2. The van der Waals surface area contributed by atoms with Crippen LogP contribution in [0.1, 0.15) is 12.8 Å². The molecule has 0 unspecified atom stereocenters. The smallest absolute Gasteiger partial charge is 0.234 e. The zero-order chi connectivity index (χ0) is 20.9. The highest BCUT2D eigenvalue weighted by Crippen LogP contribution is 2.32. The molecule has 1 amide bonds. The molecule has 1 aliphatic rings. The molecule has 1 fully saturated rings. The maximum atomic E-state index is 12.6. The van der Waals surface area contributed by atoms with Gasteiger partial charge >= 0.3 is 0 Å². The van der Waals surface area contributed by atoms with E-state index in [4.69, 9.17) is 16.3 Å². The van der Waals surface area contributed by atoms with Crippen LogP contribution in [-0.4, -0.2) is 52.1 Å². The lowest BCUT2D eigenvalue weighted by Crippen LogP contribution is -2.22. The molecule has 2 heterocycles. The first-order chi connectivity index (χ1) is 14.6.